The standard InChI is InChI=1S/C25H13ClF3NO6/c26-19-7-2-1-6-17(19)22-23(32)18-10-9-16(13-20(18)36-24(22)25(27,28)29)35-21(31)11-8-14-4-3-5-15(12-14)30(33)34/h1-13H/b11-8+. The summed E-state index contributed by atoms with van der Waals surface area (Å²) < 4.78 is 51.6. The molecule has 11 heteroatoms. The molecule has 7 nitrogen and oxygen atoms in total. The molecule has 0 N–H and O–H groups in total. The van der Waals surface area contributed by atoms with Gasteiger partial charge in [0.25, 0.3) is 5.69 Å². The van der Waals surface area contributed by atoms with Gasteiger partial charge in [0.1, 0.15) is 11.3 Å². The van der Waals surface area contributed by atoms with E-state index in [1.165, 1.54) is 66.7 Å². The molecule has 0 atom stereocenters. The van der Waals surface area contributed by atoms with E-state index in [0.717, 1.165) is 12.1 Å². The minimum absolute atomic E-state index is 0.0595. The van der Waals surface area contributed by atoms with Crippen LogP contribution in [0.1, 0.15) is 11.3 Å². The summed E-state index contributed by atoms with van der Waals surface area (Å²) in [6.07, 6.45) is -2.76. The minimum Gasteiger partial charge on any atom is -0.450 e. The smallest absolute Gasteiger partial charge is 0.450 e. The number of nitro benzene ring substituents is 1. The Labute approximate surface area is 205 Å². The summed E-state index contributed by atoms with van der Waals surface area (Å²) in [6.45, 7) is 0. The number of rotatable bonds is 5. The van der Waals surface area contributed by atoms with Crippen molar-refractivity contribution in [3.63, 3.8) is 0 Å². The zero-order valence-electron chi connectivity index (χ0n) is 17.9. The number of ether oxygens (including phenoxy) is 1. The molecule has 0 radical (unpaired) electrons. The van der Waals surface area contributed by atoms with Crippen molar-refractivity contribution in [1.29, 1.82) is 0 Å². The van der Waals surface area contributed by atoms with Crippen molar-refractivity contribution >= 4 is 40.3 Å². The first-order chi connectivity index (χ1) is 17.0. The topological polar surface area (TPSA) is 99.6 Å². The molecule has 1 heterocycles. The Morgan fingerprint density at radius 2 is 1.81 bits per heavy atom. The van der Waals surface area contributed by atoms with E-state index in [1.807, 2.05) is 0 Å². The molecule has 182 valence electrons. The maximum absolute atomic E-state index is 13.8. The maximum Gasteiger partial charge on any atom is 0.450 e. The van der Waals surface area contributed by atoms with Crippen LogP contribution in [0.2, 0.25) is 5.02 Å². The molecule has 0 saturated carbocycles. The average Bonchev–Trinajstić information content (AvgIpc) is 2.83. The van der Waals surface area contributed by atoms with Crippen LogP contribution in [0.4, 0.5) is 18.9 Å². The first kappa shape index (κ1) is 24.7. The van der Waals surface area contributed by atoms with Crippen molar-refractivity contribution < 1.29 is 32.0 Å². The quantitative estimate of drug-likeness (QED) is 0.0968. The lowest BCUT2D eigenvalue weighted by molar-refractivity contribution is -0.384. The molecular formula is C25H13ClF3NO6. The highest BCUT2D eigenvalue weighted by molar-refractivity contribution is 6.33. The second-order valence-electron chi connectivity index (χ2n) is 7.38. The van der Waals surface area contributed by atoms with E-state index in [9.17, 15) is 32.9 Å². The number of nitro groups is 1. The van der Waals surface area contributed by atoms with Gasteiger partial charge in [0.05, 0.1) is 15.9 Å². The van der Waals surface area contributed by atoms with Gasteiger partial charge in [-0.15, -0.1) is 0 Å². The largest absolute Gasteiger partial charge is 0.450 e. The molecule has 0 unspecified atom stereocenters. The van der Waals surface area contributed by atoms with Gasteiger partial charge in [-0.25, -0.2) is 4.79 Å². The van der Waals surface area contributed by atoms with E-state index in [0.29, 0.717) is 5.56 Å². The normalized spacial score (nSPS) is 11.7. The van der Waals surface area contributed by atoms with E-state index in [4.69, 9.17) is 20.8 Å². The van der Waals surface area contributed by atoms with Gasteiger partial charge in [-0.3, -0.25) is 14.9 Å². The zero-order valence-corrected chi connectivity index (χ0v) is 18.7. The van der Waals surface area contributed by atoms with Gasteiger partial charge < -0.3 is 9.15 Å². The highest BCUT2D eigenvalue weighted by Crippen LogP contribution is 2.39. The second-order valence-corrected chi connectivity index (χ2v) is 7.78. The Balaban J connectivity index is 1.69. The number of alkyl halides is 3. The van der Waals surface area contributed by atoms with Crippen LogP contribution in [0, 0.1) is 10.1 Å². The van der Waals surface area contributed by atoms with E-state index >= 15 is 0 Å². The van der Waals surface area contributed by atoms with Gasteiger partial charge in [-0.1, -0.05) is 41.9 Å². The predicted molar refractivity (Wildman–Crippen MR) is 126 cm³/mol. The predicted octanol–water partition coefficient (Wildman–Crippen LogP) is 6.66. The molecular weight excluding hydrogens is 503 g/mol. The summed E-state index contributed by atoms with van der Waals surface area (Å²) in [5.41, 5.74) is -2.09. The van der Waals surface area contributed by atoms with E-state index in [-0.39, 0.29) is 27.4 Å². The Hall–Kier alpha value is -4.44. The highest BCUT2D eigenvalue weighted by Gasteiger charge is 2.39. The van der Waals surface area contributed by atoms with Crippen molar-refractivity contribution in [3.05, 3.63) is 109 Å². The summed E-state index contributed by atoms with van der Waals surface area (Å²) in [5.74, 6) is -2.63. The minimum atomic E-state index is -5.02. The van der Waals surface area contributed by atoms with Gasteiger partial charge in [0.15, 0.2) is 0 Å². The lowest BCUT2D eigenvalue weighted by atomic mass is 10.0. The number of fused-ring (bicyclic) bond motifs is 1. The Morgan fingerprint density at radius 1 is 1.06 bits per heavy atom. The fourth-order valence-electron chi connectivity index (χ4n) is 3.40. The van der Waals surface area contributed by atoms with Gasteiger partial charge in [0, 0.05) is 34.9 Å². The number of carbonyl (C=O) groups excluding carboxylic acids is 1. The van der Waals surface area contributed by atoms with Crippen LogP contribution in [0.25, 0.3) is 28.2 Å². The van der Waals surface area contributed by atoms with Crippen LogP contribution in [-0.4, -0.2) is 10.9 Å². The molecule has 3 aromatic carbocycles. The molecule has 0 fully saturated rings. The third-order valence-electron chi connectivity index (χ3n) is 4.98. The van der Waals surface area contributed by atoms with Crippen LogP contribution in [0.5, 0.6) is 5.75 Å². The molecule has 0 bridgehead atoms. The third kappa shape index (κ3) is 5.13. The number of carbonyl (C=O) groups is 1. The molecule has 0 aliphatic carbocycles. The maximum atomic E-state index is 13.8. The van der Waals surface area contributed by atoms with Gasteiger partial charge in [-0.2, -0.15) is 13.2 Å². The van der Waals surface area contributed by atoms with Crippen LogP contribution in [-0.2, 0) is 11.0 Å². The van der Waals surface area contributed by atoms with Crippen LogP contribution in [0.15, 0.2) is 82.0 Å². The first-order valence-corrected chi connectivity index (χ1v) is 10.5. The molecule has 0 amide bonds. The number of hydrogen-bond donors (Lipinski definition) is 0. The fraction of sp³-hybridized carbons (Fsp3) is 0.0400. The monoisotopic (exact) mass is 515 g/mol. The summed E-state index contributed by atoms with van der Waals surface area (Å²) in [7, 11) is 0. The first-order valence-electron chi connectivity index (χ1n) is 10.1. The van der Waals surface area contributed by atoms with Crippen LogP contribution in [0.3, 0.4) is 0 Å². The van der Waals surface area contributed by atoms with E-state index < -0.39 is 39.4 Å². The lowest BCUT2D eigenvalue weighted by Crippen LogP contribution is -2.16. The number of esters is 1. The summed E-state index contributed by atoms with van der Waals surface area (Å²) in [6, 6.07) is 14.4. The molecule has 36 heavy (non-hydrogen) atoms. The van der Waals surface area contributed by atoms with Crippen LogP contribution >= 0.6 is 11.6 Å². The van der Waals surface area contributed by atoms with Crippen LogP contribution < -0.4 is 10.2 Å². The number of hydrogen-bond acceptors (Lipinski definition) is 6. The van der Waals surface area contributed by atoms with E-state index in [1.54, 1.807) is 0 Å². The number of benzene rings is 3. The van der Waals surface area contributed by atoms with Crippen molar-refractivity contribution in [2.24, 2.45) is 0 Å². The van der Waals surface area contributed by atoms with Gasteiger partial charge >= 0.3 is 12.1 Å². The Kier molecular flexibility index (Phi) is 6.63. The van der Waals surface area contributed by atoms with Gasteiger partial charge in [-0.05, 0) is 29.8 Å². The SMILES string of the molecule is O=C(/C=C/c1cccc([N+](=O)[O-])c1)Oc1ccc2c(=O)c(-c3ccccc3Cl)c(C(F)(F)F)oc2c1. The zero-order chi connectivity index (χ0) is 26.0. The van der Waals surface area contributed by atoms with Crippen molar-refractivity contribution in [3.8, 4) is 16.9 Å². The second kappa shape index (κ2) is 9.67. The molecule has 1 aromatic heterocycles. The van der Waals surface area contributed by atoms with Crippen molar-refractivity contribution in [1.82, 2.24) is 0 Å². The van der Waals surface area contributed by atoms with Crippen molar-refractivity contribution in [2.75, 3.05) is 0 Å². The summed E-state index contributed by atoms with van der Waals surface area (Å²) in [4.78, 5) is 35.5. The molecule has 0 saturated heterocycles. The molecule has 0 aliphatic rings. The molecule has 0 spiro atoms. The fourth-order valence-corrected chi connectivity index (χ4v) is 3.63. The lowest BCUT2D eigenvalue weighted by Gasteiger charge is -2.14. The Morgan fingerprint density at radius 3 is 2.50 bits per heavy atom. The molecule has 0 aliphatic heterocycles. The van der Waals surface area contributed by atoms with Gasteiger partial charge in [0.2, 0.25) is 11.2 Å². The van der Waals surface area contributed by atoms with E-state index in [2.05, 4.69) is 0 Å². The Bertz CT molecular complexity index is 1590. The number of halogens is 4. The number of non-ortho nitro benzene ring substituents is 1. The molecule has 4 rings (SSSR count). The highest BCUT2D eigenvalue weighted by atomic mass is 35.5. The summed E-state index contributed by atoms with van der Waals surface area (Å²) in [5, 5.41) is 10.6. The summed E-state index contributed by atoms with van der Waals surface area (Å²) >= 11 is 6.04. The number of nitrogens with zero attached hydrogens (tertiary/aromatic N) is 1. The molecule has 4 aromatic rings. The van der Waals surface area contributed by atoms with Crippen molar-refractivity contribution in [2.45, 2.75) is 6.18 Å². The average molecular weight is 516 g/mol. The third-order valence-corrected chi connectivity index (χ3v) is 5.31.